The van der Waals surface area contributed by atoms with E-state index in [1.54, 1.807) is 34.9 Å². The van der Waals surface area contributed by atoms with Gasteiger partial charge in [-0.25, -0.2) is 8.42 Å². The molecule has 1 aromatic carbocycles. The fourth-order valence-electron chi connectivity index (χ4n) is 2.57. The van der Waals surface area contributed by atoms with E-state index >= 15 is 0 Å². The van der Waals surface area contributed by atoms with Crippen molar-refractivity contribution in [2.24, 2.45) is 0 Å². The summed E-state index contributed by atoms with van der Waals surface area (Å²) < 4.78 is 27.2. The molecule has 6 heteroatoms. The standard InChI is InChI=1S/C14H17N3O2S/c1-11-10-17(8-7-16-11)20(18,19)14-4-2-3-12-9-15-6-5-13(12)14/h2-6,9,11,16H,7-8,10H2,1H3/t11-/m1/s1. The number of pyridine rings is 1. The first kappa shape index (κ1) is 13.5. The third-order valence-electron chi connectivity index (χ3n) is 3.59. The van der Waals surface area contributed by atoms with Gasteiger partial charge in [0.2, 0.25) is 10.0 Å². The van der Waals surface area contributed by atoms with Gasteiger partial charge in [0.15, 0.2) is 0 Å². The van der Waals surface area contributed by atoms with Crippen LogP contribution in [0.4, 0.5) is 0 Å². The zero-order valence-electron chi connectivity index (χ0n) is 11.3. The summed E-state index contributed by atoms with van der Waals surface area (Å²) in [5, 5.41) is 4.83. The Labute approximate surface area is 118 Å². The van der Waals surface area contributed by atoms with Crippen molar-refractivity contribution in [3.63, 3.8) is 0 Å². The van der Waals surface area contributed by atoms with Gasteiger partial charge in [-0.15, -0.1) is 0 Å². The maximum Gasteiger partial charge on any atom is 0.243 e. The summed E-state index contributed by atoms with van der Waals surface area (Å²) in [6.45, 7) is 3.69. The van der Waals surface area contributed by atoms with E-state index in [1.807, 2.05) is 13.0 Å². The summed E-state index contributed by atoms with van der Waals surface area (Å²) in [6.07, 6.45) is 3.32. The van der Waals surface area contributed by atoms with Crippen LogP contribution in [-0.4, -0.2) is 43.4 Å². The van der Waals surface area contributed by atoms with E-state index in [4.69, 9.17) is 0 Å². The third kappa shape index (κ3) is 2.30. The fraction of sp³-hybridized carbons (Fsp3) is 0.357. The van der Waals surface area contributed by atoms with Gasteiger partial charge in [0.05, 0.1) is 4.90 Å². The van der Waals surface area contributed by atoms with Crippen LogP contribution in [0.5, 0.6) is 0 Å². The average Bonchev–Trinajstić information content (AvgIpc) is 2.46. The Morgan fingerprint density at radius 2 is 2.20 bits per heavy atom. The molecule has 1 N–H and O–H groups in total. The first-order chi connectivity index (χ1) is 9.59. The molecule has 2 aromatic rings. The average molecular weight is 291 g/mol. The van der Waals surface area contributed by atoms with Crippen molar-refractivity contribution in [3.05, 3.63) is 36.7 Å². The number of benzene rings is 1. The zero-order chi connectivity index (χ0) is 14.2. The molecule has 2 heterocycles. The number of aromatic nitrogens is 1. The smallest absolute Gasteiger partial charge is 0.243 e. The van der Waals surface area contributed by atoms with Gasteiger partial charge in [-0.3, -0.25) is 4.98 Å². The Kier molecular flexibility index (Phi) is 3.45. The monoisotopic (exact) mass is 291 g/mol. The summed E-state index contributed by atoms with van der Waals surface area (Å²) in [5.41, 5.74) is 0. The number of piperazine rings is 1. The normalized spacial score (nSPS) is 21.1. The number of rotatable bonds is 2. The molecule has 3 rings (SSSR count). The molecule has 0 amide bonds. The number of nitrogens with one attached hydrogen (secondary N) is 1. The highest BCUT2D eigenvalue weighted by atomic mass is 32.2. The van der Waals surface area contributed by atoms with Crippen LogP contribution in [0.2, 0.25) is 0 Å². The van der Waals surface area contributed by atoms with Gasteiger partial charge in [0.25, 0.3) is 0 Å². The maximum atomic E-state index is 12.8. The van der Waals surface area contributed by atoms with Crippen LogP contribution in [0.25, 0.3) is 10.8 Å². The van der Waals surface area contributed by atoms with Crippen LogP contribution in [-0.2, 0) is 10.0 Å². The number of nitrogens with zero attached hydrogens (tertiary/aromatic N) is 2. The minimum atomic E-state index is -3.46. The van der Waals surface area contributed by atoms with Crippen molar-refractivity contribution >= 4 is 20.8 Å². The second-order valence-corrected chi connectivity index (χ2v) is 6.98. The van der Waals surface area contributed by atoms with Gasteiger partial charge in [-0.2, -0.15) is 4.31 Å². The SMILES string of the molecule is C[C@@H]1CN(S(=O)(=O)c2cccc3cnccc23)CCN1. The van der Waals surface area contributed by atoms with E-state index in [-0.39, 0.29) is 6.04 Å². The highest BCUT2D eigenvalue weighted by Crippen LogP contribution is 2.25. The van der Waals surface area contributed by atoms with E-state index in [2.05, 4.69) is 10.3 Å². The minimum absolute atomic E-state index is 0.176. The van der Waals surface area contributed by atoms with E-state index < -0.39 is 10.0 Å². The lowest BCUT2D eigenvalue weighted by molar-refractivity contribution is 0.310. The number of hydrogen-bond acceptors (Lipinski definition) is 4. The van der Waals surface area contributed by atoms with Crippen molar-refractivity contribution in [2.45, 2.75) is 17.9 Å². The Morgan fingerprint density at radius 1 is 1.35 bits per heavy atom. The molecule has 20 heavy (non-hydrogen) atoms. The first-order valence-corrected chi connectivity index (χ1v) is 8.09. The molecule has 1 aliphatic heterocycles. The van der Waals surface area contributed by atoms with Crippen LogP contribution in [0.15, 0.2) is 41.6 Å². The zero-order valence-corrected chi connectivity index (χ0v) is 12.1. The summed E-state index contributed by atoms with van der Waals surface area (Å²) >= 11 is 0. The van der Waals surface area contributed by atoms with E-state index in [1.165, 1.54) is 0 Å². The molecular weight excluding hydrogens is 274 g/mol. The Morgan fingerprint density at radius 3 is 3.00 bits per heavy atom. The number of hydrogen-bond donors (Lipinski definition) is 1. The molecular formula is C14H17N3O2S. The summed E-state index contributed by atoms with van der Waals surface area (Å²) in [5.74, 6) is 0. The lowest BCUT2D eigenvalue weighted by atomic mass is 10.2. The molecule has 1 aromatic heterocycles. The molecule has 1 atom stereocenters. The minimum Gasteiger partial charge on any atom is -0.312 e. The first-order valence-electron chi connectivity index (χ1n) is 6.65. The largest absolute Gasteiger partial charge is 0.312 e. The van der Waals surface area contributed by atoms with Crippen LogP contribution in [0.1, 0.15) is 6.92 Å². The summed E-state index contributed by atoms with van der Waals surface area (Å²) in [6, 6.07) is 7.25. The molecule has 0 saturated carbocycles. The van der Waals surface area contributed by atoms with Crippen LogP contribution < -0.4 is 5.32 Å². The molecule has 1 fully saturated rings. The topological polar surface area (TPSA) is 62.3 Å². The molecule has 1 aliphatic rings. The lowest BCUT2D eigenvalue weighted by Gasteiger charge is -2.31. The van der Waals surface area contributed by atoms with Gasteiger partial charge in [-0.05, 0) is 19.1 Å². The number of fused-ring (bicyclic) bond motifs is 1. The van der Waals surface area contributed by atoms with Crippen LogP contribution in [0.3, 0.4) is 0 Å². The van der Waals surface area contributed by atoms with Crippen molar-refractivity contribution < 1.29 is 8.42 Å². The highest BCUT2D eigenvalue weighted by molar-refractivity contribution is 7.89. The molecule has 1 saturated heterocycles. The van der Waals surface area contributed by atoms with Crippen molar-refractivity contribution in [1.82, 2.24) is 14.6 Å². The Bertz CT molecular complexity index is 725. The molecule has 0 bridgehead atoms. The van der Waals surface area contributed by atoms with Gasteiger partial charge in [0, 0.05) is 48.8 Å². The van der Waals surface area contributed by atoms with Gasteiger partial charge in [-0.1, -0.05) is 12.1 Å². The van der Waals surface area contributed by atoms with Gasteiger partial charge < -0.3 is 5.32 Å². The highest BCUT2D eigenvalue weighted by Gasteiger charge is 2.29. The van der Waals surface area contributed by atoms with Crippen LogP contribution in [0, 0.1) is 0 Å². The number of sulfonamides is 1. The molecule has 0 radical (unpaired) electrons. The Balaban J connectivity index is 2.09. The van der Waals surface area contributed by atoms with Crippen molar-refractivity contribution in [3.8, 4) is 0 Å². The molecule has 0 spiro atoms. The summed E-state index contributed by atoms with van der Waals surface area (Å²) in [7, 11) is -3.46. The van der Waals surface area contributed by atoms with Crippen molar-refractivity contribution in [1.29, 1.82) is 0 Å². The third-order valence-corrected chi connectivity index (χ3v) is 5.51. The lowest BCUT2D eigenvalue weighted by Crippen LogP contribution is -2.51. The molecule has 5 nitrogen and oxygen atoms in total. The van der Waals surface area contributed by atoms with Crippen LogP contribution >= 0.6 is 0 Å². The molecule has 106 valence electrons. The quantitative estimate of drug-likeness (QED) is 0.903. The summed E-state index contributed by atoms with van der Waals surface area (Å²) in [4.78, 5) is 4.41. The second-order valence-electron chi connectivity index (χ2n) is 5.07. The second kappa shape index (κ2) is 5.12. The van der Waals surface area contributed by atoms with Gasteiger partial charge in [0.1, 0.15) is 0 Å². The predicted octanol–water partition coefficient (Wildman–Crippen LogP) is 1.22. The molecule has 0 unspecified atom stereocenters. The predicted molar refractivity (Wildman–Crippen MR) is 78.0 cm³/mol. The molecule has 0 aliphatic carbocycles. The van der Waals surface area contributed by atoms with E-state index in [9.17, 15) is 8.42 Å². The van der Waals surface area contributed by atoms with E-state index in [0.29, 0.717) is 24.5 Å². The van der Waals surface area contributed by atoms with Gasteiger partial charge >= 0.3 is 0 Å². The van der Waals surface area contributed by atoms with Crippen molar-refractivity contribution in [2.75, 3.05) is 19.6 Å². The fourth-order valence-corrected chi connectivity index (χ4v) is 4.32. The maximum absolute atomic E-state index is 12.8. The Hall–Kier alpha value is -1.50. The van der Waals surface area contributed by atoms with E-state index in [0.717, 1.165) is 10.8 Å².